The second-order valence-corrected chi connectivity index (χ2v) is 6.62. The molecule has 0 fully saturated rings. The summed E-state index contributed by atoms with van der Waals surface area (Å²) in [7, 11) is -4.50. The van der Waals surface area contributed by atoms with Gasteiger partial charge in [-0.15, -0.1) is 0 Å². The van der Waals surface area contributed by atoms with Crippen molar-refractivity contribution in [3.8, 4) is 0 Å². The van der Waals surface area contributed by atoms with Gasteiger partial charge in [0.05, 0.1) is 13.2 Å². The molecule has 20 heavy (non-hydrogen) atoms. The van der Waals surface area contributed by atoms with Crippen molar-refractivity contribution in [2.45, 2.75) is 18.7 Å². The average molecular weight is 327 g/mol. The van der Waals surface area contributed by atoms with Gasteiger partial charge in [0, 0.05) is 5.56 Å². The van der Waals surface area contributed by atoms with Gasteiger partial charge in [-0.05, 0) is 38.1 Å². The zero-order valence-corrected chi connectivity index (χ0v) is 12.6. The van der Waals surface area contributed by atoms with Crippen LogP contribution >= 0.6 is 19.2 Å². The maximum atomic E-state index is 14.5. The lowest BCUT2D eigenvalue weighted by Gasteiger charge is -2.25. The van der Waals surface area contributed by atoms with E-state index in [1.54, 1.807) is 0 Å². The maximum absolute atomic E-state index is 14.5. The van der Waals surface area contributed by atoms with Crippen molar-refractivity contribution in [2.24, 2.45) is 0 Å². The number of hydrogen-bond acceptors (Lipinski definition) is 4. The molecule has 0 bridgehead atoms. The molecule has 0 saturated carbocycles. The molecule has 0 aliphatic heterocycles. The summed E-state index contributed by atoms with van der Waals surface area (Å²) in [6.07, 6.45) is 0. The van der Waals surface area contributed by atoms with Gasteiger partial charge in [0.1, 0.15) is 5.82 Å². The molecule has 0 aliphatic rings. The summed E-state index contributed by atoms with van der Waals surface area (Å²) in [5.74, 6) is -1.90. The number of benzene rings is 1. The van der Waals surface area contributed by atoms with Gasteiger partial charge in [-0.25, -0.2) is 8.78 Å². The number of rotatable bonds is 7. The highest BCUT2D eigenvalue weighted by Crippen LogP contribution is 2.64. The number of hydrogen-bond donors (Lipinski definition) is 0. The Balaban J connectivity index is 3.15. The van der Waals surface area contributed by atoms with Crippen LogP contribution < -0.4 is 0 Å². The fourth-order valence-corrected chi connectivity index (χ4v) is 3.30. The van der Waals surface area contributed by atoms with Crippen molar-refractivity contribution in [3.63, 3.8) is 0 Å². The Kier molecular flexibility index (Phi) is 5.83. The van der Waals surface area contributed by atoms with Crippen LogP contribution in [0.1, 0.15) is 24.2 Å². The first-order valence-corrected chi connectivity index (χ1v) is 7.78. The van der Waals surface area contributed by atoms with Crippen molar-refractivity contribution in [1.82, 2.24) is 0 Å². The molecule has 0 aromatic heterocycles. The van der Waals surface area contributed by atoms with Gasteiger partial charge >= 0.3 is 12.5 Å². The van der Waals surface area contributed by atoms with E-state index in [1.807, 2.05) is 0 Å². The first-order chi connectivity index (χ1) is 9.28. The summed E-state index contributed by atoms with van der Waals surface area (Å²) in [6, 6.07) is 4.01. The predicted molar refractivity (Wildman–Crippen MR) is 71.3 cm³/mol. The molecule has 0 aliphatic carbocycles. The number of alkyl halides is 2. The lowest BCUT2D eigenvalue weighted by molar-refractivity contribution is 0.0854. The zero-order chi connectivity index (χ0) is 15.4. The molecule has 0 unspecified atom stereocenters. The van der Waals surface area contributed by atoms with Gasteiger partial charge in [0.15, 0.2) is 0 Å². The Labute approximate surface area is 120 Å². The summed E-state index contributed by atoms with van der Waals surface area (Å²) in [5, 5.41) is 0. The van der Waals surface area contributed by atoms with E-state index in [4.69, 9.17) is 20.6 Å². The minimum absolute atomic E-state index is 0.146. The largest absolute Gasteiger partial charge is 0.391 e. The van der Waals surface area contributed by atoms with Crippen molar-refractivity contribution < 1.29 is 27.2 Å². The fraction of sp³-hybridized carbons (Fsp3) is 0.417. The van der Waals surface area contributed by atoms with Crippen LogP contribution in [-0.4, -0.2) is 23.9 Å². The molecule has 0 amide bonds. The molecule has 4 nitrogen and oxygen atoms in total. The van der Waals surface area contributed by atoms with E-state index in [1.165, 1.54) is 13.8 Å². The van der Waals surface area contributed by atoms with Crippen LogP contribution in [0.2, 0.25) is 0 Å². The van der Waals surface area contributed by atoms with E-state index < -0.39 is 24.1 Å². The minimum Gasteiger partial charge on any atom is -0.305 e. The Bertz CT molecular complexity index is 509. The smallest absolute Gasteiger partial charge is 0.305 e. The molecule has 0 radical (unpaired) electrons. The van der Waals surface area contributed by atoms with E-state index in [2.05, 4.69) is 0 Å². The van der Waals surface area contributed by atoms with Crippen LogP contribution in [0.5, 0.6) is 0 Å². The van der Waals surface area contributed by atoms with Crippen molar-refractivity contribution >= 4 is 25.0 Å². The fourth-order valence-electron chi connectivity index (χ4n) is 1.44. The van der Waals surface area contributed by atoms with E-state index in [-0.39, 0.29) is 18.8 Å². The summed E-state index contributed by atoms with van der Waals surface area (Å²) in [4.78, 5) is 8.65. The van der Waals surface area contributed by atoms with Gasteiger partial charge in [0.25, 0.3) is 0 Å². The highest BCUT2D eigenvalue weighted by Gasteiger charge is 2.57. The minimum atomic E-state index is -4.50. The van der Waals surface area contributed by atoms with E-state index in [0.29, 0.717) is 0 Å². The molecule has 1 rings (SSSR count). The van der Waals surface area contributed by atoms with Crippen molar-refractivity contribution in [1.29, 1.82) is 0 Å². The van der Waals surface area contributed by atoms with Crippen molar-refractivity contribution in [2.75, 3.05) is 13.2 Å². The third kappa shape index (κ3) is 3.44. The molecular weight excluding hydrogens is 313 g/mol. The summed E-state index contributed by atoms with van der Waals surface area (Å²) in [6.45, 7) is 2.63. The number of Topliss-reactive ketones (excluding diaryl/α,β-unsaturated/α-hetero) is 1. The van der Waals surface area contributed by atoms with Gasteiger partial charge in [-0.1, -0.05) is 11.6 Å². The second-order valence-electron chi connectivity index (χ2n) is 3.71. The van der Waals surface area contributed by atoms with Crippen LogP contribution in [0.15, 0.2) is 24.3 Å². The van der Waals surface area contributed by atoms with E-state index >= 15 is 0 Å². The molecule has 0 spiro atoms. The monoisotopic (exact) mass is 326 g/mol. The lowest BCUT2D eigenvalue weighted by atomic mass is 10.1. The standard InChI is InChI=1S/C12H14ClF2O4P/c1-3-18-20(17,19-4-2)12(13,15)11(16)9-5-7-10(14)8-6-9/h5-8H,3-4H2,1-2H3/t12-/m0/s1. The molecule has 0 saturated heterocycles. The Morgan fingerprint density at radius 2 is 1.70 bits per heavy atom. The quantitative estimate of drug-likeness (QED) is 0.429. The topological polar surface area (TPSA) is 52.6 Å². The highest BCUT2D eigenvalue weighted by molar-refractivity contribution is 7.58. The van der Waals surface area contributed by atoms with Crippen LogP contribution in [0.4, 0.5) is 8.78 Å². The summed E-state index contributed by atoms with van der Waals surface area (Å²) >= 11 is 5.50. The first-order valence-electron chi connectivity index (χ1n) is 5.86. The Hall–Kier alpha value is -0.810. The molecule has 0 heterocycles. The zero-order valence-electron chi connectivity index (χ0n) is 10.9. The summed E-state index contributed by atoms with van der Waals surface area (Å²) < 4.78 is 49.0. The molecule has 1 aromatic carbocycles. The SMILES string of the molecule is CCOP(=O)(OCC)[C@](F)(Cl)C(=O)c1ccc(F)cc1. The van der Waals surface area contributed by atoms with E-state index in [0.717, 1.165) is 24.3 Å². The highest BCUT2D eigenvalue weighted by atomic mass is 35.5. The third-order valence-corrected chi connectivity index (χ3v) is 5.20. The van der Waals surface area contributed by atoms with Gasteiger partial charge in [0.2, 0.25) is 5.78 Å². The number of carbonyl (C=O) groups is 1. The van der Waals surface area contributed by atoms with E-state index in [9.17, 15) is 18.1 Å². The average Bonchev–Trinajstić information content (AvgIpc) is 2.39. The second kappa shape index (κ2) is 6.76. The molecule has 1 aromatic rings. The number of halogens is 3. The predicted octanol–water partition coefficient (Wildman–Crippen LogP) is 4.14. The molecule has 8 heteroatoms. The van der Waals surface area contributed by atoms with Gasteiger partial charge in [-0.2, -0.15) is 0 Å². The van der Waals surface area contributed by atoms with Gasteiger partial charge in [-0.3, -0.25) is 9.36 Å². The third-order valence-electron chi connectivity index (χ3n) is 2.32. The Morgan fingerprint density at radius 3 is 2.10 bits per heavy atom. The Morgan fingerprint density at radius 1 is 1.25 bits per heavy atom. The molecule has 0 N–H and O–H groups in total. The maximum Gasteiger partial charge on any atom is 0.391 e. The number of ketones is 1. The molecule has 1 atom stereocenters. The molecule has 112 valence electrons. The van der Waals surface area contributed by atoms with Crippen LogP contribution in [0.25, 0.3) is 0 Å². The van der Waals surface area contributed by atoms with Crippen LogP contribution in [0, 0.1) is 5.82 Å². The number of carbonyl (C=O) groups excluding carboxylic acids is 1. The lowest BCUT2D eigenvalue weighted by Crippen LogP contribution is -2.29. The first kappa shape index (κ1) is 17.2. The molecular formula is C12H14ClF2O4P. The van der Waals surface area contributed by atoms with Crippen molar-refractivity contribution in [3.05, 3.63) is 35.6 Å². The summed E-state index contributed by atoms with van der Waals surface area (Å²) in [5.41, 5.74) is -0.233. The normalized spacial score (nSPS) is 14.8. The van der Waals surface area contributed by atoms with Crippen LogP contribution in [-0.2, 0) is 13.6 Å². The van der Waals surface area contributed by atoms with Gasteiger partial charge < -0.3 is 9.05 Å². The van der Waals surface area contributed by atoms with Crippen LogP contribution in [0.3, 0.4) is 0 Å².